The predicted octanol–water partition coefficient (Wildman–Crippen LogP) is 6.27. The molecule has 0 bridgehead atoms. The fraction of sp³-hybridized carbons (Fsp3) is 0.250. The van der Waals surface area contributed by atoms with Crippen LogP contribution < -0.4 is 14.8 Å². The molecule has 0 radical (unpaired) electrons. The van der Waals surface area contributed by atoms with E-state index in [1.165, 1.54) is 17.3 Å². The number of methoxy groups -OCH3 is 1. The first kappa shape index (κ1) is 25.3. The summed E-state index contributed by atoms with van der Waals surface area (Å²) in [6.07, 6.45) is -0.359. The summed E-state index contributed by atoms with van der Waals surface area (Å²) in [6, 6.07) is 25.2. The zero-order valence-corrected chi connectivity index (χ0v) is 21.7. The number of amides is 1. The summed E-state index contributed by atoms with van der Waals surface area (Å²) in [5, 5.41) is 12.3. The monoisotopic (exact) mass is 502 g/mol. The van der Waals surface area contributed by atoms with Crippen LogP contribution in [0.5, 0.6) is 11.5 Å². The predicted molar refractivity (Wildman–Crippen MR) is 143 cm³/mol. The first-order valence-electron chi connectivity index (χ1n) is 11.8. The Kier molecular flexibility index (Phi) is 8.28. The molecule has 0 aliphatic rings. The van der Waals surface area contributed by atoms with Gasteiger partial charge in [0.15, 0.2) is 17.1 Å². The molecule has 1 unspecified atom stereocenters. The topological polar surface area (TPSA) is 78.3 Å². The van der Waals surface area contributed by atoms with Gasteiger partial charge in [-0.05, 0) is 54.8 Å². The minimum absolute atomic E-state index is 0.146. The minimum atomic E-state index is -0.359. The van der Waals surface area contributed by atoms with E-state index in [9.17, 15) is 4.79 Å². The number of hydrogen-bond donors (Lipinski definition) is 1. The summed E-state index contributed by atoms with van der Waals surface area (Å²) in [5.41, 5.74) is 2.84. The van der Waals surface area contributed by atoms with Gasteiger partial charge in [-0.15, -0.1) is 10.2 Å². The van der Waals surface area contributed by atoms with E-state index in [1.807, 2.05) is 72.2 Å². The van der Waals surface area contributed by atoms with Crippen molar-refractivity contribution in [3.8, 4) is 17.2 Å². The number of hydrogen-bond acceptors (Lipinski definition) is 6. The van der Waals surface area contributed by atoms with Gasteiger partial charge < -0.3 is 14.8 Å². The number of carbonyl (C=O) groups excluding carboxylic acids is 1. The van der Waals surface area contributed by atoms with Crippen LogP contribution in [-0.2, 0) is 4.79 Å². The van der Waals surface area contributed by atoms with E-state index in [-0.39, 0.29) is 17.8 Å². The molecule has 0 saturated heterocycles. The smallest absolute Gasteiger partial charge is 0.234 e. The van der Waals surface area contributed by atoms with E-state index < -0.39 is 0 Å². The van der Waals surface area contributed by atoms with Crippen LogP contribution in [0.2, 0.25) is 0 Å². The molecule has 0 fully saturated rings. The summed E-state index contributed by atoms with van der Waals surface area (Å²) >= 11 is 1.32. The Labute approximate surface area is 215 Å². The van der Waals surface area contributed by atoms with E-state index in [0.29, 0.717) is 28.3 Å². The van der Waals surface area contributed by atoms with E-state index in [1.54, 1.807) is 13.2 Å². The Morgan fingerprint density at radius 3 is 2.39 bits per heavy atom. The van der Waals surface area contributed by atoms with Crippen molar-refractivity contribution in [3.63, 3.8) is 0 Å². The average molecular weight is 503 g/mol. The van der Waals surface area contributed by atoms with Gasteiger partial charge in [0.05, 0.1) is 12.9 Å². The molecule has 0 aliphatic heterocycles. The van der Waals surface area contributed by atoms with Crippen molar-refractivity contribution >= 4 is 23.4 Å². The van der Waals surface area contributed by atoms with Crippen LogP contribution in [0, 0.1) is 0 Å². The van der Waals surface area contributed by atoms with Gasteiger partial charge in [0.2, 0.25) is 5.91 Å². The lowest BCUT2D eigenvalue weighted by Crippen LogP contribution is -2.15. The molecule has 4 aromatic rings. The van der Waals surface area contributed by atoms with Gasteiger partial charge in [-0.1, -0.05) is 62.0 Å². The highest BCUT2D eigenvalue weighted by molar-refractivity contribution is 7.99. The van der Waals surface area contributed by atoms with Crippen molar-refractivity contribution in [1.82, 2.24) is 14.8 Å². The largest absolute Gasteiger partial charge is 0.497 e. The summed E-state index contributed by atoms with van der Waals surface area (Å²) in [5.74, 6) is 2.59. The third-order valence-corrected chi connectivity index (χ3v) is 6.51. The second-order valence-electron chi connectivity index (χ2n) is 8.56. The highest BCUT2D eigenvalue weighted by Crippen LogP contribution is 2.29. The lowest BCUT2D eigenvalue weighted by atomic mass is 10.0. The SMILES string of the molecule is COc1cccc(NC(=O)CSc2nnc(C(C)Oc3ccc(C(C)C)cc3)n2-c2ccccc2)c1. The molecule has 1 amide bonds. The van der Waals surface area contributed by atoms with Gasteiger partial charge >= 0.3 is 0 Å². The van der Waals surface area contributed by atoms with E-state index >= 15 is 0 Å². The molecule has 36 heavy (non-hydrogen) atoms. The number of anilines is 1. The first-order chi connectivity index (χ1) is 17.4. The van der Waals surface area contributed by atoms with E-state index in [4.69, 9.17) is 9.47 Å². The number of nitrogens with zero attached hydrogens (tertiary/aromatic N) is 3. The zero-order valence-electron chi connectivity index (χ0n) is 20.8. The second kappa shape index (κ2) is 11.8. The molecule has 186 valence electrons. The van der Waals surface area contributed by atoms with Crippen molar-refractivity contribution in [3.05, 3.63) is 90.3 Å². The number of thioether (sulfide) groups is 1. The normalized spacial score (nSPS) is 11.8. The standard InChI is InChI=1S/C28H30N4O3S/c1-19(2)21-13-15-24(16-14-21)35-20(3)27-30-31-28(32(27)23-10-6-5-7-11-23)36-18-26(33)29-22-9-8-12-25(17-22)34-4/h5-17,19-20H,18H2,1-4H3,(H,29,33). The van der Waals surface area contributed by atoms with Gasteiger partial charge in [-0.3, -0.25) is 9.36 Å². The van der Waals surface area contributed by atoms with Crippen LogP contribution in [0.1, 0.15) is 44.2 Å². The van der Waals surface area contributed by atoms with Crippen molar-refractivity contribution in [2.75, 3.05) is 18.2 Å². The van der Waals surface area contributed by atoms with Crippen molar-refractivity contribution < 1.29 is 14.3 Å². The molecule has 8 heteroatoms. The molecule has 1 N–H and O–H groups in total. The first-order valence-corrected chi connectivity index (χ1v) is 12.8. The average Bonchev–Trinajstić information content (AvgIpc) is 3.32. The van der Waals surface area contributed by atoms with Crippen LogP contribution in [-0.4, -0.2) is 33.5 Å². The van der Waals surface area contributed by atoms with Gasteiger partial charge in [-0.2, -0.15) is 0 Å². The fourth-order valence-electron chi connectivity index (χ4n) is 3.67. The molecule has 7 nitrogen and oxygen atoms in total. The van der Waals surface area contributed by atoms with Crippen molar-refractivity contribution in [2.45, 2.75) is 37.9 Å². The van der Waals surface area contributed by atoms with E-state index in [0.717, 1.165) is 11.4 Å². The Hall–Kier alpha value is -3.78. The number of rotatable bonds is 10. The maximum Gasteiger partial charge on any atom is 0.234 e. The van der Waals surface area contributed by atoms with Gasteiger partial charge in [0.25, 0.3) is 0 Å². The maximum absolute atomic E-state index is 12.6. The molecule has 1 atom stereocenters. The van der Waals surface area contributed by atoms with Crippen LogP contribution >= 0.6 is 11.8 Å². The molecule has 0 spiro atoms. The highest BCUT2D eigenvalue weighted by atomic mass is 32.2. The quantitative estimate of drug-likeness (QED) is 0.258. The number of aromatic nitrogens is 3. The maximum atomic E-state index is 12.6. The number of ether oxygens (including phenoxy) is 2. The molecule has 0 saturated carbocycles. The van der Waals surface area contributed by atoms with Crippen LogP contribution in [0.4, 0.5) is 5.69 Å². The summed E-state index contributed by atoms with van der Waals surface area (Å²) in [7, 11) is 1.59. The third kappa shape index (κ3) is 6.26. The summed E-state index contributed by atoms with van der Waals surface area (Å²) < 4.78 is 13.4. The Bertz CT molecular complexity index is 1290. The van der Waals surface area contributed by atoms with Crippen LogP contribution in [0.3, 0.4) is 0 Å². The molecule has 4 rings (SSSR count). The van der Waals surface area contributed by atoms with Crippen LogP contribution in [0.15, 0.2) is 84.0 Å². The molecule has 0 aliphatic carbocycles. The van der Waals surface area contributed by atoms with Crippen molar-refractivity contribution in [1.29, 1.82) is 0 Å². The Morgan fingerprint density at radius 1 is 0.944 bits per heavy atom. The number of carbonyl (C=O) groups is 1. The summed E-state index contributed by atoms with van der Waals surface area (Å²) in [6.45, 7) is 6.28. The lowest BCUT2D eigenvalue weighted by molar-refractivity contribution is -0.113. The molecular weight excluding hydrogens is 472 g/mol. The van der Waals surface area contributed by atoms with Crippen LogP contribution in [0.25, 0.3) is 5.69 Å². The second-order valence-corrected chi connectivity index (χ2v) is 9.51. The van der Waals surface area contributed by atoms with Gasteiger partial charge in [0.1, 0.15) is 11.5 Å². The molecule has 1 aromatic heterocycles. The fourth-order valence-corrected chi connectivity index (χ4v) is 4.43. The number of benzene rings is 3. The number of para-hydroxylation sites is 1. The molecule has 3 aromatic carbocycles. The number of nitrogens with one attached hydrogen (secondary N) is 1. The van der Waals surface area contributed by atoms with Crippen molar-refractivity contribution in [2.24, 2.45) is 0 Å². The van der Waals surface area contributed by atoms with E-state index in [2.05, 4.69) is 41.5 Å². The van der Waals surface area contributed by atoms with Gasteiger partial charge in [-0.25, -0.2) is 0 Å². The lowest BCUT2D eigenvalue weighted by Gasteiger charge is -2.17. The molecular formula is C28H30N4O3S. The Balaban J connectivity index is 1.51. The highest BCUT2D eigenvalue weighted by Gasteiger charge is 2.22. The third-order valence-electron chi connectivity index (χ3n) is 5.58. The zero-order chi connectivity index (χ0) is 25.5. The Morgan fingerprint density at radius 2 is 1.69 bits per heavy atom. The van der Waals surface area contributed by atoms with Gasteiger partial charge in [0, 0.05) is 17.4 Å². The summed E-state index contributed by atoms with van der Waals surface area (Å²) in [4.78, 5) is 12.6. The molecule has 1 heterocycles. The minimum Gasteiger partial charge on any atom is -0.497 e.